The molecule has 0 saturated heterocycles. The van der Waals surface area contributed by atoms with E-state index in [1.165, 1.54) is 289 Å². The van der Waals surface area contributed by atoms with E-state index in [-0.39, 0.29) is 0 Å². The largest absolute Gasteiger partial charge is 0.0654 e. The Balaban J connectivity index is 4.08. The monoisotopic (exact) mass is 806 g/mol. The fourth-order valence-electron chi connectivity index (χ4n) is 9.46. The van der Waals surface area contributed by atoms with Gasteiger partial charge in [0.25, 0.3) is 0 Å². The predicted molar refractivity (Wildman–Crippen MR) is 266 cm³/mol. The second-order valence-corrected chi connectivity index (χ2v) is 24.3. The Morgan fingerprint density at radius 3 is 0.393 bits per heavy atom. The van der Waals surface area contributed by atoms with E-state index < -0.39 is 7.26 Å². The lowest BCUT2D eigenvalue weighted by Crippen LogP contribution is -2.08. The van der Waals surface area contributed by atoms with Crippen LogP contribution in [-0.4, -0.2) is 25.2 Å². The van der Waals surface area contributed by atoms with Gasteiger partial charge in [0.05, 0.1) is 18.5 Å². The van der Waals surface area contributed by atoms with E-state index in [0.717, 1.165) is 0 Å². The van der Waals surface area contributed by atoms with Crippen molar-refractivity contribution in [2.24, 2.45) is 0 Å². The lowest BCUT2D eigenvalue weighted by molar-refractivity contribution is 0.530. The van der Waals surface area contributed by atoms with Crippen molar-refractivity contribution < 1.29 is 0 Å². The highest BCUT2D eigenvalue weighted by Gasteiger charge is 2.29. The molecule has 56 heavy (non-hydrogen) atoms. The fourth-order valence-corrected chi connectivity index (χ4v) is 13.1. The topological polar surface area (TPSA) is 0 Å². The first-order valence-electron chi connectivity index (χ1n) is 27.5. The Morgan fingerprint density at radius 1 is 0.161 bits per heavy atom. The zero-order valence-electron chi connectivity index (χ0n) is 40.5. The first kappa shape index (κ1) is 56.4. The molecule has 0 radical (unpaired) electrons. The van der Waals surface area contributed by atoms with E-state index in [1.54, 1.807) is 37.7 Å². The Labute approximate surface area is 360 Å². The number of hydrogen-bond acceptors (Lipinski definition) is 0. The van der Waals surface area contributed by atoms with Crippen LogP contribution in [0.15, 0.2) is 0 Å². The zero-order chi connectivity index (χ0) is 40.6. The number of hydrogen-bond donors (Lipinski definition) is 0. The highest BCUT2D eigenvalue weighted by molar-refractivity contribution is 7.75. The minimum absolute atomic E-state index is 0.734. The van der Waals surface area contributed by atoms with Gasteiger partial charge in [-0.25, -0.2) is 0 Å². The molecule has 0 amide bonds. The van der Waals surface area contributed by atoms with Gasteiger partial charge in [0.1, 0.15) is 0 Å². The van der Waals surface area contributed by atoms with Crippen LogP contribution >= 0.6 is 7.26 Å². The molecule has 0 heterocycles. The van der Waals surface area contributed by atoms with E-state index >= 15 is 0 Å². The van der Waals surface area contributed by atoms with Crippen LogP contribution in [0.2, 0.25) is 0 Å². The lowest BCUT2D eigenvalue weighted by atomic mass is 10.0. The van der Waals surface area contributed by atoms with Crippen LogP contribution in [0.5, 0.6) is 0 Å². The Kier molecular flexibility index (Phi) is 50.2. The molecule has 338 valence electrons. The maximum atomic E-state index is 2.81. The molecule has 0 aliphatic carbocycles. The summed E-state index contributed by atoms with van der Waals surface area (Å²) in [7, 11) is -0.734. The third-order valence-corrected chi connectivity index (χ3v) is 17.8. The summed E-state index contributed by atoms with van der Waals surface area (Å²) in [6.45, 7) is 9.78. The molecule has 0 unspecified atom stereocenters. The average Bonchev–Trinajstić information content (AvgIpc) is 3.20. The highest BCUT2D eigenvalue weighted by atomic mass is 31.2. The molecular weight excluding hydrogens is 692 g/mol. The smallest absolute Gasteiger partial charge is 0.0591 e. The van der Waals surface area contributed by atoms with Crippen LogP contribution in [0.4, 0.5) is 0 Å². The molecule has 0 aromatic carbocycles. The van der Waals surface area contributed by atoms with E-state index in [9.17, 15) is 0 Å². The van der Waals surface area contributed by atoms with Crippen molar-refractivity contribution in [1.29, 1.82) is 0 Å². The number of unbranched alkanes of at least 4 members (excludes halogenated alkanes) is 45. The summed E-state index contributed by atoms with van der Waals surface area (Å²) >= 11 is 0. The second-order valence-electron chi connectivity index (χ2n) is 19.7. The van der Waals surface area contributed by atoms with Gasteiger partial charge in [-0.15, -0.1) is 0 Å². The van der Waals surface area contributed by atoms with Gasteiger partial charge in [0.2, 0.25) is 0 Å². The first-order valence-corrected chi connectivity index (χ1v) is 30.3. The van der Waals surface area contributed by atoms with Crippen molar-refractivity contribution in [2.75, 3.05) is 25.2 Å². The van der Waals surface area contributed by atoms with Crippen LogP contribution in [0.1, 0.15) is 329 Å². The lowest BCUT2D eigenvalue weighted by Gasteiger charge is -2.24. The van der Waals surface area contributed by atoms with Crippen molar-refractivity contribution >= 4 is 7.26 Å². The molecule has 0 spiro atoms. The maximum absolute atomic E-state index is 2.81. The van der Waals surface area contributed by atoms with Crippen LogP contribution in [0.3, 0.4) is 0 Å². The van der Waals surface area contributed by atoms with Gasteiger partial charge in [-0.05, 0) is 38.5 Å². The Morgan fingerprint density at radius 2 is 0.268 bits per heavy atom. The normalized spacial score (nSPS) is 12.0. The van der Waals surface area contributed by atoms with E-state index in [4.69, 9.17) is 0 Å². The number of rotatable bonds is 51. The molecule has 0 aromatic rings. The van der Waals surface area contributed by atoms with Gasteiger partial charge >= 0.3 is 0 Å². The van der Waals surface area contributed by atoms with Gasteiger partial charge in [-0.2, -0.15) is 0 Å². The summed E-state index contributed by atoms with van der Waals surface area (Å²) in [5.41, 5.74) is 0. The van der Waals surface area contributed by atoms with Crippen LogP contribution in [0, 0.1) is 0 Å². The van der Waals surface area contributed by atoms with Gasteiger partial charge in [-0.1, -0.05) is 290 Å². The van der Waals surface area contributed by atoms with Crippen molar-refractivity contribution in [3.8, 4) is 0 Å². The average molecular weight is 806 g/mol. The van der Waals surface area contributed by atoms with Crippen molar-refractivity contribution in [3.05, 3.63) is 0 Å². The third kappa shape index (κ3) is 47.1. The maximum Gasteiger partial charge on any atom is 0.0591 e. The summed E-state index contributed by atoms with van der Waals surface area (Å²) in [5.74, 6) is 0. The molecule has 0 N–H and O–H groups in total. The molecule has 0 bridgehead atoms. The molecule has 0 nitrogen and oxygen atoms in total. The molecule has 0 aromatic heterocycles. The molecule has 0 aliphatic heterocycles. The van der Waals surface area contributed by atoms with Crippen molar-refractivity contribution in [2.45, 2.75) is 329 Å². The van der Waals surface area contributed by atoms with E-state index in [1.807, 2.05) is 0 Å². The quantitative estimate of drug-likeness (QED) is 0.0424. The third-order valence-electron chi connectivity index (χ3n) is 13.7. The molecule has 0 saturated carbocycles. The van der Waals surface area contributed by atoms with Crippen LogP contribution < -0.4 is 0 Å². The van der Waals surface area contributed by atoms with Crippen molar-refractivity contribution in [1.82, 2.24) is 0 Å². The Bertz CT molecular complexity index is 582. The second kappa shape index (κ2) is 49.8. The van der Waals surface area contributed by atoms with Gasteiger partial charge < -0.3 is 0 Å². The van der Waals surface area contributed by atoms with Crippen molar-refractivity contribution in [3.63, 3.8) is 0 Å². The fraction of sp³-hybridized carbons (Fsp3) is 1.00. The standard InChI is InChI=1S/C55H114P/c1-5-8-11-14-17-20-23-26-29-32-35-38-41-44-47-50-53-56(4,54-51-48-45-42-39-36-33-30-27-24-21-18-15-12-9-6-2)55-52-49-46-43-40-37-34-31-28-25-22-19-16-13-10-7-3/h5-55H2,1-4H3/q+1. The SMILES string of the molecule is CCCCCCCCCCCCCCCCCC[P+](C)(CCCCCCCCCCCCCCCCCC)CCCCCCCCCCCCCCCCCC. The van der Waals surface area contributed by atoms with Gasteiger partial charge in [-0.3, -0.25) is 0 Å². The molecular formula is C55H114P+. The summed E-state index contributed by atoms with van der Waals surface area (Å²) < 4.78 is 0. The molecule has 0 rings (SSSR count). The summed E-state index contributed by atoms with van der Waals surface area (Å²) in [5, 5.41) is 0. The Hall–Kier alpha value is 0.430. The van der Waals surface area contributed by atoms with Crippen LogP contribution in [0.25, 0.3) is 0 Å². The molecule has 0 fully saturated rings. The molecule has 1 heteroatoms. The van der Waals surface area contributed by atoms with Crippen LogP contribution in [-0.2, 0) is 0 Å². The van der Waals surface area contributed by atoms with Gasteiger partial charge in [0.15, 0.2) is 0 Å². The van der Waals surface area contributed by atoms with Gasteiger partial charge in [0, 0.05) is 13.9 Å². The first-order chi connectivity index (χ1) is 27.7. The molecule has 0 aliphatic rings. The molecule has 0 atom stereocenters. The minimum atomic E-state index is -0.734. The zero-order valence-corrected chi connectivity index (χ0v) is 41.4. The summed E-state index contributed by atoms with van der Waals surface area (Å²) in [6.07, 6.45) is 76.3. The summed E-state index contributed by atoms with van der Waals surface area (Å²) in [4.78, 5) is 0. The minimum Gasteiger partial charge on any atom is -0.0654 e. The predicted octanol–water partition coefficient (Wildman–Crippen LogP) is 21.4. The van der Waals surface area contributed by atoms with E-state index in [0.29, 0.717) is 0 Å². The van der Waals surface area contributed by atoms with E-state index in [2.05, 4.69) is 27.4 Å². The summed E-state index contributed by atoms with van der Waals surface area (Å²) in [6, 6.07) is 0. The highest BCUT2D eigenvalue weighted by Crippen LogP contribution is 2.57.